The number of hydrogen-bond acceptors (Lipinski definition) is 5. The number of ether oxygens (including phenoxy) is 1. The molecule has 0 radical (unpaired) electrons. The molecular weight excluding hydrogens is 334 g/mol. The quantitative estimate of drug-likeness (QED) is 0.441. The highest BCUT2D eigenvalue weighted by atomic mass is 32.2. The van der Waals surface area contributed by atoms with E-state index >= 15 is 0 Å². The zero-order chi connectivity index (χ0) is 18.5. The van der Waals surface area contributed by atoms with Gasteiger partial charge in [0, 0.05) is 17.3 Å². The number of nitrogens with one attached hydrogen (secondary N) is 1. The molecule has 8 nitrogen and oxygen atoms in total. The standard InChI is InChI=1S/C15H21N3O5S/c1-9(2)8-23-14-7-12(16-15(19)10(3)4)11(5)6-13(14)17-18-24(20,21)22/h6-7,9H,3,8H2,1-2,4-5H3,(H,16,19)(H,20,21,22). The van der Waals surface area contributed by atoms with Crippen LogP contribution in [0.15, 0.2) is 33.9 Å². The van der Waals surface area contributed by atoms with Crippen molar-refractivity contribution in [2.45, 2.75) is 27.7 Å². The number of hydrogen-bond donors (Lipinski definition) is 2. The van der Waals surface area contributed by atoms with E-state index < -0.39 is 10.3 Å². The van der Waals surface area contributed by atoms with Gasteiger partial charge in [-0.2, -0.15) is 8.42 Å². The van der Waals surface area contributed by atoms with Crippen LogP contribution in [0.25, 0.3) is 0 Å². The second kappa shape index (κ2) is 8.02. The lowest BCUT2D eigenvalue weighted by atomic mass is 10.1. The number of nitrogens with zero attached hydrogens (tertiary/aromatic N) is 2. The maximum absolute atomic E-state index is 11.8. The van der Waals surface area contributed by atoms with Crippen LogP contribution in [0.3, 0.4) is 0 Å². The SMILES string of the molecule is C=C(C)C(=O)Nc1cc(OCC(C)C)c(N=NS(=O)(=O)O)cc1C. The lowest BCUT2D eigenvalue weighted by molar-refractivity contribution is -0.112. The molecule has 0 heterocycles. The monoisotopic (exact) mass is 355 g/mol. The van der Waals surface area contributed by atoms with E-state index in [1.54, 1.807) is 13.8 Å². The number of aryl methyl sites for hydroxylation is 1. The Morgan fingerprint density at radius 3 is 2.54 bits per heavy atom. The summed E-state index contributed by atoms with van der Waals surface area (Å²) >= 11 is 0. The van der Waals surface area contributed by atoms with Gasteiger partial charge in [-0.25, -0.2) is 0 Å². The van der Waals surface area contributed by atoms with E-state index in [4.69, 9.17) is 9.29 Å². The first-order chi connectivity index (χ1) is 11.0. The van der Waals surface area contributed by atoms with E-state index in [0.29, 0.717) is 23.4 Å². The largest absolute Gasteiger partial charge is 0.491 e. The fourth-order valence-electron chi connectivity index (χ4n) is 1.58. The van der Waals surface area contributed by atoms with Crippen LogP contribution in [-0.2, 0) is 15.1 Å². The highest BCUT2D eigenvalue weighted by molar-refractivity contribution is 7.84. The molecule has 0 saturated heterocycles. The van der Waals surface area contributed by atoms with Crippen molar-refractivity contribution in [2.75, 3.05) is 11.9 Å². The van der Waals surface area contributed by atoms with Gasteiger partial charge < -0.3 is 10.1 Å². The van der Waals surface area contributed by atoms with Crippen LogP contribution in [0.2, 0.25) is 0 Å². The van der Waals surface area contributed by atoms with Crippen LogP contribution in [-0.4, -0.2) is 25.5 Å². The molecule has 0 spiro atoms. The second-order valence-electron chi connectivity index (χ2n) is 5.70. The summed E-state index contributed by atoms with van der Waals surface area (Å²) in [5.74, 6) is 0.102. The van der Waals surface area contributed by atoms with Crippen molar-refractivity contribution in [1.29, 1.82) is 0 Å². The number of carbonyl (C=O) groups is 1. The molecule has 0 aliphatic rings. The summed E-state index contributed by atoms with van der Waals surface area (Å²) in [5, 5.41) is 6.18. The van der Waals surface area contributed by atoms with E-state index in [1.807, 2.05) is 13.8 Å². The molecule has 24 heavy (non-hydrogen) atoms. The molecule has 0 aromatic heterocycles. The summed E-state index contributed by atoms with van der Waals surface area (Å²) < 4.78 is 38.6. The lowest BCUT2D eigenvalue weighted by Crippen LogP contribution is -2.13. The van der Waals surface area contributed by atoms with Gasteiger partial charge in [-0.3, -0.25) is 9.35 Å². The Balaban J connectivity index is 3.27. The molecule has 132 valence electrons. The van der Waals surface area contributed by atoms with E-state index in [9.17, 15) is 13.2 Å². The molecule has 0 unspecified atom stereocenters. The molecule has 0 aliphatic carbocycles. The molecule has 0 aliphatic heterocycles. The Morgan fingerprint density at radius 1 is 1.42 bits per heavy atom. The Bertz CT molecular complexity index is 770. The Morgan fingerprint density at radius 2 is 2.04 bits per heavy atom. The third-order valence-corrected chi connectivity index (χ3v) is 3.05. The highest BCUT2D eigenvalue weighted by Gasteiger charge is 2.13. The molecular formula is C15H21N3O5S. The number of amides is 1. The zero-order valence-corrected chi connectivity index (χ0v) is 14.8. The highest BCUT2D eigenvalue weighted by Crippen LogP contribution is 2.34. The number of anilines is 1. The summed E-state index contributed by atoms with van der Waals surface area (Å²) in [6, 6.07) is 3.02. The van der Waals surface area contributed by atoms with Crippen LogP contribution >= 0.6 is 0 Å². The van der Waals surface area contributed by atoms with E-state index in [0.717, 1.165) is 0 Å². The predicted octanol–water partition coefficient (Wildman–Crippen LogP) is 3.43. The molecule has 1 aromatic rings. The normalized spacial score (nSPS) is 11.8. The third-order valence-electron chi connectivity index (χ3n) is 2.77. The van der Waals surface area contributed by atoms with Gasteiger partial charge in [0.25, 0.3) is 5.91 Å². The van der Waals surface area contributed by atoms with Gasteiger partial charge in [0.2, 0.25) is 0 Å². The van der Waals surface area contributed by atoms with Gasteiger partial charge in [0.05, 0.1) is 6.61 Å². The van der Waals surface area contributed by atoms with Crippen molar-refractivity contribution in [3.63, 3.8) is 0 Å². The van der Waals surface area contributed by atoms with E-state index in [1.165, 1.54) is 12.1 Å². The maximum atomic E-state index is 11.8. The maximum Gasteiger partial charge on any atom is 0.396 e. The first-order valence-electron chi connectivity index (χ1n) is 7.14. The van der Waals surface area contributed by atoms with Crippen LogP contribution in [0, 0.1) is 12.8 Å². The summed E-state index contributed by atoms with van der Waals surface area (Å²) in [6.45, 7) is 11.1. The topological polar surface area (TPSA) is 117 Å². The summed E-state index contributed by atoms with van der Waals surface area (Å²) in [7, 11) is -4.60. The average Bonchev–Trinajstić information content (AvgIpc) is 2.44. The number of benzene rings is 1. The van der Waals surface area contributed by atoms with Crippen LogP contribution in [0.1, 0.15) is 26.3 Å². The molecule has 0 fully saturated rings. The zero-order valence-electron chi connectivity index (χ0n) is 14.0. The summed E-state index contributed by atoms with van der Waals surface area (Å²) in [6.07, 6.45) is 0. The van der Waals surface area contributed by atoms with Gasteiger partial charge in [-0.15, -0.1) is 5.11 Å². The molecule has 1 aromatic carbocycles. The van der Waals surface area contributed by atoms with Crippen LogP contribution < -0.4 is 10.1 Å². The summed E-state index contributed by atoms with van der Waals surface area (Å²) in [4.78, 5) is 11.8. The van der Waals surface area contributed by atoms with Crippen molar-refractivity contribution < 1.29 is 22.5 Å². The minimum atomic E-state index is -4.60. The smallest absolute Gasteiger partial charge is 0.396 e. The molecule has 1 amide bonds. The van der Waals surface area contributed by atoms with Crippen LogP contribution in [0.4, 0.5) is 11.4 Å². The van der Waals surface area contributed by atoms with Gasteiger partial charge >= 0.3 is 10.3 Å². The molecule has 0 atom stereocenters. The lowest BCUT2D eigenvalue weighted by Gasteiger charge is -2.15. The van der Waals surface area contributed by atoms with E-state index in [-0.39, 0.29) is 23.3 Å². The third kappa shape index (κ3) is 6.47. The molecule has 2 N–H and O–H groups in total. The molecule has 0 saturated carbocycles. The second-order valence-corrected chi connectivity index (χ2v) is 6.76. The van der Waals surface area contributed by atoms with Gasteiger partial charge in [-0.1, -0.05) is 20.4 Å². The van der Waals surface area contributed by atoms with Crippen molar-refractivity contribution in [3.8, 4) is 5.75 Å². The molecule has 9 heteroatoms. The predicted molar refractivity (Wildman–Crippen MR) is 91.0 cm³/mol. The fourth-order valence-corrected chi connectivity index (χ4v) is 1.77. The number of carbonyl (C=O) groups excluding carboxylic acids is 1. The van der Waals surface area contributed by atoms with Crippen molar-refractivity contribution in [2.24, 2.45) is 15.6 Å². The van der Waals surface area contributed by atoms with Crippen molar-refractivity contribution in [1.82, 2.24) is 0 Å². The van der Waals surface area contributed by atoms with Crippen molar-refractivity contribution >= 4 is 27.6 Å². The minimum absolute atomic E-state index is 0.124. The average molecular weight is 355 g/mol. The Kier molecular flexibility index (Phi) is 6.61. The molecule has 0 bridgehead atoms. The van der Waals surface area contributed by atoms with Gasteiger partial charge in [0.15, 0.2) is 0 Å². The van der Waals surface area contributed by atoms with Gasteiger partial charge in [0.1, 0.15) is 11.4 Å². The Labute approximate surface area is 141 Å². The first kappa shape index (κ1) is 19.8. The minimum Gasteiger partial charge on any atom is -0.491 e. The van der Waals surface area contributed by atoms with Crippen molar-refractivity contribution in [3.05, 3.63) is 29.8 Å². The van der Waals surface area contributed by atoms with Gasteiger partial charge in [-0.05, 0) is 35.9 Å². The van der Waals surface area contributed by atoms with Crippen LogP contribution in [0.5, 0.6) is 5.75 Å². The summed E-state index contributed by atoms with van der Waals surface area (Å²) in [5.41, 5.74) is 1.56. The molecule has 1 rings (SSSR count). The number of rotatable bonds is 7. The fraction of sp³-hybridized carbons (Fsp3) is 0.400. The Hall–Kier alpha value is -2.26. The van der Waals surface area contributed by atoms with E-state index in [2.05, 4.69) is 21.5 Å². The first-order valence-corrected chi connectivity index (χ1v) is 8.54.